The van der Waals surface area contributed by atoms with Gasteiger partial charge in [0.05, 0.1) is 19.2 Å². The van der Waals surface area contributed by atoms with E-state index in [0.717, 1.165) is 0 Å². The summed E-state index contributed by atoms with van der Waals surface area (Å²) in [5, 5.41) is 18.1. The summed E-state index contributed by atoms with van der Waals surface area (Å²) in [5.74, 6) is -1.81. The Morgan fingerprint density at radius 3 is 2.55 bits per heavy atom. The zero-order valence-corrected chi connectivity index (χ0v) is 15.6. The average molecular weight is 405 g/mol. The van der Waals surface area contributed by atoms with E-state index < -0.39 is 23.7 Å². The van der Waals surface area contributed by atoms with Crippen LogP contribution in [0, 0.1) is 0 Å². The van der Waals surface area contributed by atoms with E-state index in [1.54, 1.807) is 42.6 Å². The molecule has 0 bridgehead atoms. The largest absolute Gasteiger partial charge is 0.441 e. The highest BCUT2D eigenvalue weighted by atomic mass is 19.3. The Labute approximate surface area is 166 Å². The molecule has 1 spiro atoms. The molecule has 4 rings (SSSR count). The molecule has 1 aliphatic heterocycles. The van der Waals surface area contributed by atoms with Gasteiger partial charge in [0.15, 0.2) is 0 Å². The standard InChI is InChI=1S/C20H21F2N3O4/c21-20(22)9-7-19(8-10-20)13-25(18(27)29-19)12-16(26)14-3-5-15(6-4-14)28-17-2-1-11-23-24-17/h1-6,11,16,26H,7-10,12-13H2. The van der Waals surface area contributed by atoms with Crippen LogP contribution in [-0.2, 0) is 4.74 Å². The number of halogens is 2. The van der Waals surface area contributed by atoms with E-state index in [4.69, 9.17) is 9.47 Å². The summed E-state index contributed by atoms with van der Waals surface area (Å²) in [7, 11) is 0. The molecule has 2 aromatic rings. The van der Waals surface area contributed by atoms with Gasteiger partial charge >= 0.3 is 6.09 Å². The van der Waals surface area contributed by atoms with Gasteiger partial charge in [-0.1, -0.05) is 12.1 Å². The zero-order chi connectivity index (χ0) is 20.5. The molecular formula is C20H21F2N3O4. The minimum Gasteiger partial charge on any atom is -0.441 e. The number of nitrogens with zero attached hydrogens (tertiary/aromatic N) is 3. The van der Waals surface area contributed by atoms with Crippen LogP contribution in [0.4, 0.5) is 13.6 Å². The fourth-order valence-corrected chi connectivity index (χ4v) is 3.70. The van der Waals surface area contributed by atoms with Crippen molar-refractivity contribution in [2.24, 2.45) is 0 Å². The van der Waals surface area contributed by atoms with Crippen molar-refractivity contribution in [3.05, 3.63) is 48.2 Å². The monoisotopic (exact) mass is 405 g/mol. The minimum absolute atomic E-state index is 0.0291. The lowest BCUT2D eigenvalue weighted by molar-refractivity contribution is -0.0911. The lowest BCUT2D eigenvalue weighted by Gasteiger charge is -2.34. The molecule has 29 heavy (non-hydrogen) atoms. The minimum atomic E-state index is -2.69. The van der Waals surface area contributed by atoms with Crippen molar-refractivity contribution in [1.82, 2.24) is 15.1 Å². The van der Waals surface area contributed by atoms with Crippen molar-refractivity contribution in [2.75, 3.05) is 13.1 Å². The summed E-state index contributed by atoms with van der Waals surface area (Å²) in [6.45, 7) is 0.244. The van der Waals surface area contributed by atoms with Crippen molar-refractivity contribution in [2.45, 2.75) is 43.3 Å². The zero-order valence-electron chi connectivity index (χ0n) is 15.6. The van der Waals surface area contributed by atoms with Gasteiger partial charge in [0.1, 0.15) is 11.4 Å². The molecule has 1 unspecified atom stereocenters. The molecule has 1 amide bonds. The van der Waals surface area contributed by atoms with Crippen molar-refractivity contribution in [3.63, 3.8) is 0 Å². The number of carbonyl (C=O) groups is 1. The maximum atomic E-state index is 13.4. The normalized spacial score (nSPS) is 21.1. The van der Waals surface area contributed by atoms with Gasteiger partial charge in [-0.25, -0.2) is 13.6 Å². The van der Waals surface area contributed by atoms with Crippen LogP contribution in [0.2, 0.25) is 0 Å². The topological polar surface area (TPSA) is 84.8 Å². The van der Waals surface area contributed by atoms with Crippen LogP contribution in [0.3, 0.4) is 0 Å². The molecule has 1 aromatic heterocycles. The van der Waals surface area contributed by atoms with Crippen LogP contribution >= 0.6 is 0 Å². The molecule has 1 saturated heterocycles. The predicted molar refractivity (Wildman–Crippen MR) is 97.7 cm³/mol. The highest BCUT2D eigenvalue weighted by molar-refractivity contribution is 5.70. The first-order chi connectivity index (χ1) is 13.8. The summed E-state index contributed by atoms with van der Waals surface area (Å²) in [6, 6.07) is 10.1. The summed E-state index contributed by atoms with van der Waals surface area (Å²) >= 11 is 0. The van der Waals surface area contributed by atoms with E-state index in [-0.39, 0.29) is 38.8 Å². The van der Waals surface area contributed by atoms with Gasteiger partial charge in [0.25, 0.3) is 0 Å². The second kappa shape index (κ2) is 7.55. The lowest BCUT2D eigenvalue weighted by Crippen LogP contribution is -2.42. The highest BCUT2D eigenvalue weighted by Gasteiger charge is 2.51. The SMILES string of the molecule is O=C1OC2(CCC(F)(F)CC2)CN1CC(O)c1ccc(Oc2cccnn2)cc1. The summed E-state index contributed by atoms with van der Waals surface area (Å²) in [6.07, 6.45) is -0.281. The van der Waals surface area contributed by atoms with Crippen LogP contribution in [-0.4, -0.2) is 50.9 Å². The molecule has 7 nitrogen and oxygen atoms in total. The van der Waals surface area contributed by atoms with Crippen molar-refractivity contribution in [3.8, 4) is 11.6 Å². The number of amides is 1. The van der Waals surface area contributed by atoms with Gasteiger partial charge in [-0.2, -0.15) is 5.10 Å². The van der Waals surface area contributed by atoms with E-state index in [9.17, 15) is 18.7 Å². The number of β-amino-alcohol motifs (C(OH)–C–C–N with tert-alkyl or cyclic N) is 1. The van der Waals surface area contributed by atoms with Crippen LogP contribution < -0.4 is 4.74 Å². The number of aliphatic hydroxyl groups excluding tert-OH is 1. The summed E-state index contributed by atoms with van der Waals surface area (Å²) in [5.41, 5.74) is -0.271. The molecule has 1 atom stereocenters. The smallest absolute Gasteiger partial charge is 0.410 e. The number of hydrogen-bond acceptors (Lipinski definition) is 6. The van der Waals surface area contributed by atoms with Gasteiger partial charge in [-0.3, -0.25) is 0 Å². The number of benzene rings is 1. The molecule has 1 aliphatic carbocycles. The van der Waals surface area contributed by atoms with Crippen LogP contribution in [0.25, 0.3) is 0 Å². The van der Waals surface area contributed by atoms with E-state index in [2.05, 4.69) is 10.2 Å². The second-order valence-corrected chi connectivity index (χ2v) is 7.54. The fourth-order valence-electron chi connectivity index (χ4n) is 3.70. The first-order valence-electron chi connectivity index (χ1n) is 9.44. The number of rotatable bonds is 5. The first-order valence-corrected chi connectivity index (χ1v) is 9.44. The molecule has 1 aromatic carbocycles. The quantitative estimate of drug-likeness (QED) is 0.817. The summed E-state index contributed by atoms with van der Waals surface area (Å²) in [4.78, 5) is 13.6. The van der Waals surface area contributed by atoms with Gasteiger partial charge < -0.3 is 19.5 Å². The predicted octanol–water partition coefficient (Wildman–Crippen LogP) is 3.70. The number of alkyl halides is 2. The number of hydrogen-bond donors (Lipinski definition) is 1. The van der Waals surface area contributed by atoms with Gasteiger partial charge in [0, 0.05) is 25.1 Å². The summed E-state index contributed by atoms with van der Waals surface area (Å²) < 4.78 is 37.8. The molecule has 9 heteroatoms. The maximum Gasteiger partial charge on any atom is 0.410 e. The Balaban J connectivity index is 1.35. The molecule has 1 saturated carbocycles. The van der Waals surface area contributed by atoms with Gasteiger partial charge in [0.2, 0.25) is 11.8 Å². The molecule has 1 N–H and O–H groups in total. The first kappa shape index (κ1) is 19.5. The third kappa shape index (κ3) is 4.45. The van der Waals surface area contributed by atoms with E-state index in [1.165, 1.54) is 4.90 Å². The van der Waals surface area contributed by atoms with Gasteiger partial charge in [-0.15, -0.1) is 5.10 Å². The van der Waals surface area contributed by atoms with Crippen LogP contribution in [0.15, 0.2) is 42.6 Å². The Morgan fingerprint density at radius 2 is 1.90 bits per heavy atom. The van der Waals surface area contributed by atoms with Crippen LogP contribution in [0.1, 0.15) is 37.4 Å². The third-order valence-electron chi connectivity index (χ3n) is 5.36. The Morgan fingerprint density at radius 1 is 1.17 bits per heavy atom. The molecular weight excluding hydrogens is 384 g/mol. The van der Waals surface area contributed by atoms with E-state index in [0.29, 0.717) is 17.2 Å². The van der Waals surface area contributed by atoms with Gasteiger partial charge in [-0.05, 0) is 36.6 Å². The Bertz CT molecular complexity index is 854. The number of aliphatic hydroxyl groups is 1. The molecule has 154 valence electrons. The molecule has 2 heterocycles. The number of ether oxygens (including phenoxy) is 2. The van der Waals surface area contributed by atoms with Crippen molar-refractivity contribution in [1.29, 1.82) is 0 Å². The molecule has 2 fully saturated rings. The number of carbonyl (C=O) groups excluding carboxylic acids is 1. The molecule has 2 aliphatic rings. The number of aromatic nitrogens is 2. The van der Waals surface area contributed by atoms with E-state index >= 15 is 0 Å². The second-order valence-electron chi connectivity index (χ2n) is 7.54. The Hall–Kier alpha value is -2.81. The van der Waals surface area contributed by atoms with Crippen molar-refractivity contribution < 1.29 is 28.2 Å². The Kier molecular flexibility index (Phi) is 5.08. The average Bonchev–Trinajstić information content (AvgIpc) is 3.01. The molecule has 0 radical (unpaired) electrons. The lowest BCUT2D eigenvalue weighted by atomic mass is 9.82. The van der Waals surface area contributed by atoms with Crippen LogP contribution in [0.5, 0.6) is 11.6 Å². The maximum absolute atomic E-state index is 13.4. The highest BCUT2D eigenvalue weighted by Crippen LogP contribution is 2.43. The van der Waals surface area contributed by atoms with E-state index in [1.807, 2.05) is 0 Å². The fraction of sp³-hybridized carbons (Fsp3) is 0.450. The third-order valence-corrected chi connectivity index (χ3v) is 5.36. The van der Waals surface area contributed by atoms with Crippen molar-refractivity contribution >= 4 is 6.09 Å².